The van der Waals surface area contributed by atoms with Gasteiger partial charge in [-0.2, -0.15) is 0 Å². The van der Waals surface area contributed by atoms with Crippen LogP contribution in [0.25, 0.3) is 6.08 Å². The molecule has 3 N–H and O–H groups in total. The van der Waals surface area contributed by atoms with Gasteiger partial charge in [0.2, 0.25) is 5.91 Å². The number of rotatable bonds is 6. The summed E-state index contributed by atoms with van der Waals surface area (Å²) in [5.74, 6) is -1.70. The summed E-state index contributed by atoms with van der Waals surface area (Å²) in [5.41, 5.74) is 6.71. The van der Waals surface area contributed by atoms with Crippen LogP contribution in [-0.4, -0.2) is 23.9 Å². The summed E-state index contributed by atoms with van der Waals surface area (Å²) in [4.78, 5) is 34.9. The van der Waals surface area contributed by atoms with E-state index in [9.17, 15) is 14.4 Å². The van der Waals surface area contributed by atoms with Crippen molar-refractivity contribution in [2.75, 3.05) is 5.32 Å². The first-order valence-corrected chi connectivity index (χ1v) is 8.08. The Hall–Kier alpha value is -3.12. The molecule has 134 valence electrons. The number of nitrogens with one attached hydrogen (secondary N) is 1. The summed E-state index contributed by atoms with van der Waals surface area (Å²) in [6.45, 7) is 1.46. The van der Waals surface area contributed by atoms with E-state index in [-0.39, 0.29) is 0 Å². The number of halogens is 1. The summed E-state index contributed by atoms with van der Waals surface area (Å²) in [6.07, 6.45) is 1.80. The first-order valence-electron chi connectivity index (χ1n) is 7.70. The topological polar surface area (TPSA) is 98.5 Å². The van der Waals surface area contributed by atoms with Gasteiger partial charge in [0.05, 0.1) is 0 Å². The van der Waals surface area contributed by atoms with Gasteiger partial charge >= 0.3 is 5.97 Å². The molecule has 0 unspecified atom stereocenters. The third-order valence-corrected chi connectivity index (χ3v) is 3.63. The van der Waals surface area contributed by atoms with E-state index < -0.39 is 23.9 Å². The second-order valence-electron chi connectivity index (χ2n) is 5.39. The molecule has 0 heterocycles. The standard InChI is InChI=1S/C19H17ClN2O4/c1-12(19(25)22-16-9-5-14(6-10-16)18(21)24)26-17(23)11-4-13-2-7-15(20)8-3-13/h2-12H,1H3,(H2,21,24)(H,22,25)/b11-4+/t12-/m1/s1. The van der Waals surface area contributed by atoms with Gasteiger partial charge in [-0.1, -0.05) is 23.7 Å². The molecule has 0 spiro atoms. The highest BCUT2D eigenvalue weighted by Crippen LogP contribution is 2.12. The zero-order chi connectivity index (χ0) is 19.1. The second kappa shape index (κ2) is 8.82. The fraction of sp³-hybridized carbons (Fsp3) is 0.105. The molecule has 0 aromatic heterocycles. The minimum atomic E-state index is -0.992. The zero-order valence-electron chi connectivity index (χ0n) is 13.9. The normalized spacial score (nSPS) is 11.8. The largest absolute Gasteiger partial charge is 0.449 e. The lowest BCUT2D eigenvalue weighted by molar-refractivity contribution is -0.148. The Bertz CT molecular complexity index is 830. The van der Waals surface area contributed by atoms with E-state index in [1.807, 2.05) is 0 Å². The lowest BCUT2D eigenvalue weighted by Gasteiger charge is -2.12. The Labute approximate surface area is 155 Å². The minimum Gasteiger partial charge on any atom is -0.449 e. The second-order valence-corrected chi connectivity index (χ2v) is 5.83. The number of primary amides is 1. The fourth-order valence-electron chi connectivity index (χ4n) is 1.97. The number of hydrogen-bond donors (Lipinski definition) is 2. The van der Waals surface area contributed by atoms with Crippen molar-refractivity contribution in [1.82, 2.24) is 0 Å². The van der Waals surface area contributed by atoms with Gasteiger partial charge in [0, 0.05) is 22.3 Å². The van der Waals surface area contributed by atoms with Crippen LogP contribution in [0.4, 0.5) is 5.69 Å². The SMILES string of the molecule is C[C@@H](OC(=O)/C=C/c1ccc(Cl)cc1)C(=O)Nc1ccc(C(N)=O)cc1. The Kier molecular flexibility index (Phi) is 6.52. The van der Waals surface area contributed by atoms with Crippen molar-refractivity contribution in [3.63, 3.8) is 0 Å². The first-order chi connectivity index (χ1) is 12.3. The molecule has 0 radical (unpaired) electrons. The molecule has 0 aliphatic heterocycles. The van der Waals surface area contributed by atoms with Gasteiger partial charge in [-0.25, -0.2) is 4.79 Å². The van der Waals surface area contributed by atoms with Gasteiger partial charge in [0.25, 0.3) is 5.91 Å². The lowest BCUT2D eigenvalue weighted by atomic mass is 10.2. The van der Waals surface area contributed by atoms with Gasteiger partial charge in [0.15, 0.2) is 6.10 Å². The summed E-state index contributed by atoms with van der Waals surface area (Å²) in [7, 11) is 0. The van der Waals surface area contributed by atoms with Crippen LogP contribution in [0.1, 0.15) is 22.8 Å². The van der Waals surface area contributed by atoms with Gasteiger partial charge in [-0.3, -0.25) is 9.59 Å². The van der Waals surface area contributed by atoms with Crippen molar-refractivity contribution in [2.45, 2.75) is 13.0 Å². The minimum absolute atomic E-state index is 0.329. The van der Waals surface area contributed by atoms with Crippen molar-refractivity contribution in [3.8, 4) is 0 Å². The van der Waals surface area contributed by atoms with E-state index in [1.165, 1.54) is 37.3 Å². The van der Waals surface area contributed by atoms with Gasteiger partial charge in [-0.15, -0.1) is 0 Å². The summed E-state index contributed by atoms with van der Waals surface area (Å²) < 4.78 is 5.05. The van der Waals surface area contributed by atoms with Crippen LogP contribution in [0, 0.1) is 0 Å². The molecule has 0 saturated carbocycles. The van der Waals surface area contributed by atoms with Crippen molar-refractivity contribution in [2.24, 2.45) is 5.73 Å². The Balaban J connectivity index is 1.88. The van der Waals surface area contributed by atoms with Crippen LogP contribution in [-0.2, 0) is 14.3 Å². The Morgan fingerprint density at radius 1 is 1.08 bits per heavy atom. The maximum atomic E-state index is 12.1. The van der Waals surface area contributed by atoms with E-state index in [0.29, 0.717) is 16.3 Å². The lowest BCUT2D eigenvalue weighted by Crippen LogP contribution is -2.29. The molecular formula is C19H17ClN2O4. The fourth-order valence-corrected chi connectivity index (χ4v) is 2.09. The van der Waals surface area contributed by atoms with E-state index in [2.05, 4.69) is 5.32 Å². The number of esters is 1. The predicted molar refractivity (Wildman–Crippen MR) is 99.6 cm³/mol. The van der Waals surface area contributed by atoms with Crippen LogP contribution in [0.3, 0.4) is 0 Å². The highest BCUT2D eigenvalue weighted by molar-refractivity contribution is 6.30. The van der Waals surface area contributed by atoms with Crippen molar-refractivity contribution < 1.29 is 19.1 Å². The summed E-state index contributed by atoms with van der Waals surface area (Å²) in [6, 6.07) is 12.9. The van der Waals surface area contributed by atoms with Crippen LogP contribution in [0.15, 0.2) is 54.6 Å². The number of carbonyl (C=O) groups excluding carboxylic acids is 3. The zero-order valence-corrected chi connectivity index (χ0v) is 14.7. The molecule has 26 heavy (non-hydrogen) atoms. The third kappa shape index (κ3) is 5.75. The van der Waals surface area contributed by atoms with E-state index in [4.69, 9.17) is 22.1 Å². The van der Waals surface area contributed by atoms with Gasteiger partial charge in [-0.05, 0) is 55.0 Å². The highest BCUT2D eigenvalue weighted by atomic mass is 35.5. The molecule has 0 saturated heterocycles. The quantitative estimate of drug-likeness (QED) is 0.601. The number of carbonyl (C=O) groups is 3. The average Bonchev–Trinajstić information content (AvgIpc) is 2.61. The molecule has 6 nitrogen and oxygen atoms in total. The molecule has 2 aromatic carbocycles. The number of amides is 2. The smallest absolute Gasteiger partial charge is 0.331 e. The Morgan fingerprint density at radius 3 is 2.27 bits per heavy atom. The first kappa shape index (κ1) is 19.2. The highest BCUT2D eigenvalue weighted by Gasteiger charge is 2.16. The summed E-state index contributed by atoms with van der Waals surface area (Å²) in [5, 5.41) is 3.18. The molecule has 2 aromatic rings. The van der Waals surface area contributed by atoms with E-state index in [0.717, 1.165) is 5.56 Å². The van der Waals surface area contributed by atoms with Crippen molar-refractivity contribution in [3.05, 3.63) is 70.8 Å². The monoisotopic (exact) mass is 372 g/mol. The molecule has 7 heteroatoms. The number of anilines is 1. The van der Waals surface area contributed by atoms with Crippen LogP contribution in [0.5, 0.6) is 0 Å². The molecule has 1 atom stereocenters. The third-order valence-electron chi connectivity index (χ3n) is 3.38. The number of benzene rings is 2. The molecule has 2 amide bonds. The van der Waals surface area contributed by atoms with Crippen LogP contribution < -0.4 is 11.1 Å². The molecule has 0 fully saturated rings. The number of hydrogen-bond acceptors (Lipinski definition) is 4. The molecule has 0 aliphatic rings. The van der Waals surface area contributed by atoms with Crippen molar-refractivity contribution in [1.29, 1.82) is 0 Å². The van der Waals surface area contributed by atoms with Gasteiger partial charge in [0.1, 0.15) is 0 Å². The maximum absolute atomic E-state index is 12.1. The Morgan fingerprint density at radius 2 is 1.69 bits per heavy atom. The predicted octanol–water partition coefficient (Wildman–Crippen LogP) is 3.02. The van der Waals surface area contributed by atoms with Crippen LogP contribution >= 0.6 is 11.6 Å². The molecule has 0 bridgehead atoms. The van der Waals surface area contributed by atoms with Crippen LogP contribution in [0.2, 0.25) is 5.02 Å². The number of ether oxygens (including phenoxy) is 1. The molecule has 2 rings (SSSR count). The maximum Gasteiger partial charge on any atom is 0.331 e. The van der Waals surface area contributed by atoms with Crippen molar-refractivity contribution >= 4 is 41.1 Å². The van der Waals surface area contributed by atoms with Gasteiger partial charge < -0.3 is 15.8 Å². The molecule has 0 aliphatic carbocycles. The average molecular weight is 373 g/mol. The molecular weight excluding hydrogens is 356 g/mol. The summed E-state index contributed by atoms with van der Waals surface area (Å²) >= 11 is 5.79. The number of nitrogens with two attached hydrogens (primary N) is 1. The van der Waals surface area contributed by atoms with E-state index >= 15 is 0 Å². The van der Waals surface area contributed by atoms with E-state index in [1.54, 1.807) is 30.3 Å².